The zero-order valence-corrected chi connectivity index (χ0v) is 11.9. The Morgan fingerprint density at radius 2 is 2.15 bits per heavy atom. The molecular weight excluding hydrogens is 260 g/mol. The number of nitrogens with one attached hydrogen (secondary N) is 2. The van der Waals surface area contributed by atoms with Crippen molar-refractivity contribution in [2.75, 3.05) is 30.5 Å². The summed E-state index contributed by atoms with van der Waals surface area (Å²) in [4.78, 5) is 12.4. The number of anilines is 2. The Bertz CT molecular complexity index is 430. The predicted molar refractivity (Wildman–Crippen MR) is 75.4 cm³/mol. The van der Waals surface area contributed by atoms with Crippen LogP contribution in [0.15, 0.2) is 0 Å². The van der Waals surface area contributed by atoms with Crippen LogP contribution < -0.4 is 21.3 Å². The summed E-state index contributed by atoms with van der Waals surface area (Å²) in [5, 5.41) is 3.19. The van der Waals surface area contributed by atoms with E-state index < -0.39 is 0 Å². The van der Waals surface area contributed by atoms with E-state index in [1.807, 2.05) is 6.92 Å². The largest absolute Gasteiger partial charge is 0.463 e. The second kappa shape index (κ2) is 7.20. The van der Waals surface area contributed by atoms with Gasteiger partial charge >= 0.3 is 6.01 Å². The van der Waals surface area contributed by atoms with Gasteiger partial charge in [-0.1, -0.05) is 6.92 Å². The lowest BCUT2D eigenvalue weighted by atomic mass is 10.0. The van der Waals surface area contributed by atoms with Gasteiger partial charge in [0.05, 0.1) is 12.7 Å². The molecule has 0 aliphatic carbocycles. The van der Waals surface area contributed by atoms with Crippen molar-refractivity contribution < 1.29 is 9.47 Å². The SMILES string of the molecule is CCCOc1nc(NN)nc(NCC2CCOC2C)n1. The Morgan fingerprint density at radius 1 is 1.35 bits per heavy atom. The second-order valence-electron chi connectivity index (χ2n) is 4.76. The highest BCUT2D eigenvalue weighted by molar-refractivity contribution is 5.34. The van der Waals surface area contributed by atoms with Crippen LogP contribution in [0.2, 0.25) is 0 Å². The van der Waals surface area contributed by atoms with Crippen LogP contribution in [-0.4, -0.2) is 40.8 Å². The quantitative estimate of drug-likeness (QED) is 0.497. The number of hydrazine groups is 1. The highest BCUT2D eigenvalue weighted by Gasteiger charge is 2.24. The van der Waals surface area contributed by atoms with Crippen LogP contribution in [0.1, 0.15) is 26.7 Å². The number of ether oxygens (including phenoxy) is 2. The maximum atomic E-state index is 5.53. The molecule has 8 nitrogen and oxygen atoms in total. The first-order valence-electron chi connectivity index (χ1n) is 6.94. The maximum Gasteiger partial charge on any atom is 0.323 e. The summed E-state index contributed by atoms with van der Waals surface area (Å²) in [6.45, 7) is 6.22. The van der Waals surface area contributed by atoms with E-state index in [4.69, 9.17) is 15.3 Å². The summed E-state index contributed by atoms with van der Waals surface area (Å²) in [6.07, 6.45) is 2.18. The van der Waals surface area contributed by atoms with Crippen LogP contribution in [-0.2, 0) is 4.74 Å². The van der Waals surface area contributed by atoms with Crippen LogP contribution in [0.5, 0.6) is 6.01 Å². The molecule has 2 atom stereocenters. The number of nitrogen functional groups attached to an aromatic ring is 1. The molecule has 0 saturated carbocycles. The second-order valence-corrected chi connectivity index (χ2v) is 4.76. The Balaban J connectivity index is 1.98. The standard InChI is InChI=1S/C12H22N6O2/c1-3-5-20-12-16-10(15-11(17-12)18-13)14-7-9-4-6-19-8(9)2/h8-9H,3-7,13H2,1-2H3,(H2,14,15,16,17,18). The fourth-order valence-electron chi connectivity index (χ4n) is 2.02. The van der Waals surface area contributed by atoms with E-state index in [-0.39, 0.29) is 18.1 Å². The predicted octanol–water partition coefficient (Wildman–Crippen LogP) is 0.783. The number of nitrogens with two attached hydrogens (primary N) is 1. The van der Waals surface area contributed by atoms with Crippen LogP contribution in [0.25, 0.3) is 0 Å². The highest BCUT2D eigenvalue weighted by atomic mass is 16.5. The van der Waals surface area contributed by atoms with Crippen LogP contribution >= 0.6 is 0 Å². The van der Waals surface area contributed by atoms with Crippen molar-refractivity contribution >= 4 is 11.9 Å². The van der Waals surface area contributed by atoms with Crippen molar-refractivity contribution in [3.63, 3.8) is 0 Å². The minimum Gasteiger partial charge on any atom is -0.463 e. The Kier molecular flexibility index (Phi) is 5.31. The summed E-state index contributed by atoms with van der Waals surface area (Å²) in [7, 11) is 0. The zero-order chi connectivity index (χ0) is 14.4. The topological polar surface area (TPSA) is 107 Å². The molecule has 1 aliphatic rings. The first-order valence-corrected chi connectivity index (χ1v) is 6.94. The van der Waals surface area contributed by atoms with Gasteiger partial charge in [0.2, 0.25) is 11.9 Å². The molecule has 0 amide bonds. The van der Waals surface area contributed by atoms with E-state index in [1.54, 1.807) is 0 Å². The molecule has 1 aromatic rings. The molecule has 0 radical (unpaired) electrons. The number of hydrogen-bond acceptors (Lipinski definition) is 8. The first kappa shape index (κ1) is 14.7. The van der Waals surface area contributed by atoms with Gasteiger partial charge in [0, 0.05) is 19.1 Å². The molecule has 2 unspecified atom stereocenters. The van der Waals surface area contributed by atoms with Gasteiger partial charge in [0.25, 0.3) is 0 Å². The minimum atomic E-state index is 0.257. The molecule has 4 N–H and O–H groups in total. The molecule has 112 valence electrons. The van der Waals surface area contributed by atoms with Gasteiger partial charge in [-0.3, -0.25) is 5.43 Å². The number of nitrogens with zero attached hydrogens (tertiary/aromatic N) is 3. The first-order chi connectivity index (χ1) is 9.72. The lowest BCUT2D eigenvalue weighted by molar-refractivity contribution is 0.108. The van der Waals surface area contributed by atoms with Crippen molar-refractivity contribution in [2.24, 2.45) is 11.8 Å². The lowest BCUT2D eigenvalue weighted by Crippen LogP contribution is -2.22. The van der Waals surface area contributed by atoms with Gasteiger partial charge in [0.15, 0.2) is 0 Å². The molecule has 8 heteroatoms. The molecular formula is C12H22N6O2. The average molecular weight is 282 g/mol. The van der Waals surface area contributed by atoms with Crippen molar-refractivity contribution in [2.45, 2.75) is 32.8 Å². The molecule has 1 saturated heterocycles. The van der Waals surface area contributed by atoms with Gasteiger partial charge in [-0.05, 0) is 19.8 Å². The number of hydrogen-bond donors (Lipinski definition) is 3. The third kappa shape index (κ3) is 3.91. The highest BCUT2D eigenvalue weighted by Crippen LogP contribution is 2.20. The van der Waals surface area contributed by atoms with Gasteiger partial charge in [-0.15, -0.1) is 0 Å². The van der Waals surface area contributed by atoms with Crippen LogP contribution in [0.4, 0.5) is 11.9 Å². The Morgan fingerprint density at radius 3 is 2.80 bits per heavy atom. The fourth-order valence-corrected chi connectivity index (χ4v) is 2.02. The van der Waals surface area contributed by atoms with Crippen molar-refractivity contribution in [3.05, 3.63) is 0 Å². The van der Waals surface area contributed by atoms with E-state index in [1.165, 1.54) is 0 Å². The molecule has 1 fully saturated rings. The summed E-state index contributed by atoms with van der Waals surface area (Å²) < 4.78 is 10.9. The summed E-state index contributed by atoms with van der Waals surface area (Å²) >= 11 is 0. The van der Waals surface area contributed by atoms with Gasteiger partial charge in [0.1, 0.15) is 0 Å². The molecule has 1 aromatic heterocycles. The zero-order valence-electron chi connectivity index (χ0n) is 11.9. The molecule has 0 aromatic carbocycles. The van der Waals surface area contributed by atoms with Crippen molar-refractivity contribution in [3.8, 4) is 6.01 Å². The molecule has 2 rings (SSSR count). The smallest absolute Gasteiger partial charge is 0.323 e. The van der Waals surface area contributed by atoms with Crippen molar-refractivity contribution in [1.82, 2.24) is 15.0 Å². The molecule has 0 spiro atoms. The monoisotopic (exact) mass is 282 g/mol. The van der Waals surface area contributed by atoms with Gasteiger partial charge in [-0.2, -0.15) is 15.0 Å². The molecule has 20 heavy (non-hydrogen) atoms. The Labute approximate surface area is 118 Å². The van der Waals surface area contributed by atoms with E-state index in [0.29, 0.717) is 18.5 Å². The molecule has 1 aliphatic heterocycles. The third-order valence-corrected chi connectivity index (χ3v) is 3.23. The lowest BCUT2D eigenvalue weighted by Gasteiger charge is -2.15. The van der Waals surface area contributed by atoms with E-state index in [0.717, 1.165) is 26.0 Å². The van der Waals surface area contributed by atoms with Crippen molar-refractivity contribution in [1.29, 1.82) is 0 Å². The molecule has 0 bridgehead atoms. The number of rotatable bonds is 7. The molecule has 2 heterocycles. The Hall–Kier alpha value is -1.67. The normalized spacial score (nSPS) is 21.8. The van der Waals surface area contributed by atoms with E-state index >= 15 is 0 Å². The van der Waals surface area contributed by atoms with E-state index in [2.05, 4.69) is 32.6 Å². The summed E-state index contributed by atoms with van der Waals surface area (Å²) in [6, 6.07) is 0.271. The summed E-state index contributed by atoms with van der Waals surface area (Å²) in [5.74, 6) is 6.55. The number of aromatic nitrogens is 3. The minimum absolute atomic E-state index is 0.257. The van der Waals surface area contributed by atoms with Crippen LogP contribution in [0.3, 0.4) is 0 Å². The third-order valence-electron chi connectivity index (χ3n) is 3.23. The maximum absolute atomic E-state index is 5.53. The summed E-state index contributed by atoms with van der Waals surface area (Å²) in [5.41, 5.74) is 2.41. The van der Waals surface area contributed by atoms with Gasteiger partial charge in [-0.25, -0.2) is 5.84 Å². The van der Waals surface area contributed by atoms with Gasteiger partial charge < -0.3 is 14.8 Å². The fraction of sp³-hybridized carbons (Fsp3) is 0.750. The van der Waals surface area contributed by atoms with Crippen LogP contribution in [0, 0.1) is 5.92 Å². The average Bonchev–Trinajstić information content (AvgIpc) is 2.88. The van der Waals surface area contributed by atoms with E-state index in [9.17, 15) is 0 Å².